The maximum atomic E-state index is 13.9. The number of hydrogen-bond acceptors (Lipinski definition) is 6. The lowest BCUT2D eigenvalue weighted by Gasteiger charge is -2.31. The van der Waals surface area contributed by atoms with E-state index < -0.39 is 29.0 Å². The summed E-state index contributed by atoms with van der Waals surface area (Å²) in [6, 6.07) is 9.83. The number of carbonyl (C=O) groups is 4. The van der Waals surface area contributed by atoms with Crippen molar-refractivity contribution in [3.8, 4) is 11.5 Å². The molecule has 0 unspecified atom stereocenters. The molecule has 0 radical (unpaired) electrons. The van der Waals surface area contributed by atoms with Crippen LogP contribution in [0.3, 0.4) is 0 Å². The molecule has 0 heterocycles. The molecule has 0 fully saturated rings. The average Bonchev–Trinajstić information content (AvgIpc) is 3.13. The Balaban J connectivity index is 2.09. The normalized spacial score (nSPS) is 11.2. The zero-order valence-corrected chi connectivity index (χ0v) is 32.3. The molecule has 0 saturated carbocycles. The Labute approximate surface area is 312 Å². The van der Waals surface area contributed by atoms with E-state index in [1.807, 2.05) is 13.8 Å². The number of hydrogen-bond donors (Lipinski definition) is 6. The smallest absolute Gasteiger partial charge is 0.273 e. The highest BCUT2D eigenvalue weighted by atomic mass is 16.3. The maximum Gasteiger partial charge on any atom is 0.273 e. The van der Waals surface area contributed by atoms with Crippen LogP contribution in [0.4, 0.5) is 0 Å². The fourth-order valence-electron chi connectivity index (χ4n) is 6.51. The minimum atomic E-state index is -1.60. The summed E-state index contributed by atoms with van der Waals surface area (Å²) in [6.07, 6.45) is 19.4. The number of phenols is 2. The molecule has 2 aromatic rings. The van der Waals surface area contributed by atoms with E-state index in [4.69, 9.17) is 0 Å². The molecule has 0 spiro atoms. The van der Waals surface area contributed by atoms with Gasteiger partial charge in [0.15, 0.2) is 0 Å². The Bertz CT molecular complexity index is 1300. The summed E-state index contributed by atoms with van der Waals surface area (Å²) >= 11 is 0. The quantitative estimate of drug-likeness (QED) is 0.0342. The van der Waals surface area contributed by atoms with Crippen LogP contribution in [0.5, 0.6) is 11.5 Å². The monoisotopic (exact) mass is 722 g/mol. The van der Waals surface area contributed by atoms with E-state index in [0.717, 1.165) is 62.5 Å². The van der Waals surface area contributed by atoms with Crippen LogP contribution in [-0.2, 0) is 22.4 Å². The number of aromatic hydroxyl groups is 2. The first kappa shape index (κ1) is 44.1. The molecule has 10 heteroatoms. The Morgan fingerprint density at radius 1 is 0.481 bits per heavy atom. The number of nitrogens with one attached hydrogen (secondary N) is 4. The van der Waals surface area contributed by atoms with Crippen molar-refractivity contribution in [3.05, 3.63) is 58.7 Å². The molecule has 290 valence electrons. The van der Waals surface area contributed by atoms with Gasteiger partial charge in [0, 0.05) is 0 Å². The number of phenolic OH excluding ortho intramolecular Hbond substituents is 2. The van der Waals surface area contributed by atoms with Gasteiger partial charge in [-0.15, -0.1) is 0 Å². The highest BCUT2D eigenvalue weighted by molar-refractivity contribution is 6.07. The summed E-state index contributed by atoms with van der Waals surface area (Å²) in [4.78, 5) is 53.9. The lowest BCUT2D eigenvalue weighted by Crippen LogP contribution is -2.58. The third-order valence-corrected chi connectivity index (χ3v) is 9.86. The number of rotatable bonds is 25. The van der Waals surface area contributed by atoms with E-state index in [9.17, 15) is 29.4 Å². The molecule has 0 aromatic heterocycles. The van der Waals surface area contributed by atoms with E-state index in [0.29, 0.717) is 19.3 Å². The van der Waals surface area contributed by atoms with Crippen molar-refractivity contribution in [1.82, 2.24) is 21.7 Å². The van der Waals surface area contributed by atoms with E-state index in [-0.39, 0.29) is 35.5 Å². The summed E-state index contributed by atoms with van der Waals surface area (Å²) < 4.78 is 0. The van der Waals surface area contributed by atoms with Gasteiger partial charge in [0.25, 0.3) is 23.6 Å². The summed E-state index contributed by atoms with van der Waals surface area (Å²) in [5, 5.41) is 21.3. The second kappa shape index (κ2) is 25.0. The van der Waals surface area contributed by atoms with Gasteiger partial charge in [-0.3, -0.25) is 40.9 Å². The molecule has 0 aliphatic carbocycles. The summed E-state index contributed by atoms with van der Waals surface area (Å²) in [7, 11) is 0. The number of amides is 4. The predicted molar refractivity (Wildman–Crippen MR) is 208 cm³/mol. The van der Waals surface area contributed by atoms with E-state index in [2.05, 4.69) is 35.6 Å². The fraction of sp³-hybridized carbons (Fsp3) is 0.619. The van der Waals surface area contributed by atoms with Crippen molar-refractivity contribution in [3.63, 3.8) is 0 Å². The van der Waals surface area contributed by atoms with E-state index in [1.54, 1.807) is 24.3 Å². The molecule has 0 saturated heterocycles. The van der Waals surface area contributed by atoms with Crippen LogP contribution in [0.2, 0.25) is 0 Å². The number of unbranched alkanes of at least 4 members (excludes halogenated alkanes) is 13. The van der Waals surface area contributed by atoms with Crippen LogP contribution in [0.25, 0.3) is 0 Å². The summed E-state index contributed by atoms with van der Waals surface area (Å²) in [5.74, 6) is -3.21. The van der Waals surface area contributed by atoms with Crippen LogP contribution < -0.4 is 21.7 Å². The molecular formula is C42H66N4O6. The molecule has 0 aliphatic rings. The van der Waals surface area contributed by atoms with Gasteiger partial charge in [0.1, 0.15) is 16.9 Å². The third-order valence-electron chi connectivity index (χ3n) is 9.86. The Morgan fingerprint density at radius 3 is 1.25 bits per heavy atom. The van der Waals surface area contributed by atoms with Crippen molar-refractivity contribution >= 4 is 23.6 Å². The van der Waals surface area contributed by atoms with Gasteiger partial charge >= 0.3 is 0 Å². The summed E-state index contributed by atoms with van der Waals surface area (Å²) in [5.41, 5.74) is 9.93. The Morgan fingerprint density at radius 2 is 0.846 bits per heavy atom. The zero-order valence-electron chi connectivity index (χ0n) is 32.3. The van der Waals surface area contributed by atoms with Crippen LogP contribution in [0, 0.1) is 5.41 Å². The predicted octanol–water partition coefficient (Wildman–Crippen LogP) is 8.88. The average molecular weight is 723 g/mol. The van der Waals surface area contributed by atoms with Crippen molar-refractivity contribution in [2.24, 2.45) is 5.41 Å². The van der Waals surface area contributed by atoms with Crippen LogP contribution in [0.1, 0.15) is 182 Å². The first-order valence-electron chi connectivity index (χ1n) is 20.0. The molecule has 0 atom stereocenters. The first-order valence-corrected chi connectivity index (χ1v) is 20.0. The lowest BCUT2D eigenvalue weighted by molar-refractivity contribution is -0.146. The lowest BCUT2D eigenvalue weighted by atomic mass is 9.76. The van der Waals surface area contributed by atoms with Crippen LogP contribution in [0.15, 0.2) is 36.4 Å². The van der Waals surface area contributed by atoms with Gasteiger partial charge < -0.3 is 10.2 Å². The number of aryl methyl sites for hydroxylation is 2. The van der Waals surface area contributed by atoms with Gasteiger partial charge in [0.05, 0.1) is 11.1 Å². The molecule has 10 nitrogen and oxygen atoms in total. The largest absolute Gasteiger partial charge is 0.507 e. The molecule has 0 aliphatic heterocycles. The molecule has 4 amide bonds. The molecule has 0 bridgehead atoms. The molecule has 52 heavy (non-hydrogen) atoms. The molecule has 6 N–H and O–H groups in total. The van der Waals surface area contributed by atoms with Gasteiger partial charge in [-0.1, -0.05) is 136 Å². The minimum absolute atomic E-state index is 0.00616. The van der Waals surface area contributed by atoms with Crippen molar-refractivity contribution in [1.29, 1.82) is 0 Å². The number of benzene rings is 2. The molecule has 2 aromatic carbocycles. The van der Waals surface area contributed by atoms with E-state index in [1.165, 1.54) is 63.5 Å². The Kier molecular flexibility index (Phi) is 21.2. The van der Waals surface area contributed by atoms with Gasteiger partial charge in [0.2, 0.25) is 0 Å². The van der Waals surface area contributed by atoms with Gasteiger partial charge in [-0.2, -0.15) is 0 Å². The second-order valence-electron chi connectivity index (χ2n) is 14.2. The van der Waals surface area contributed by atoms with Crippen LogP contribution >= 0.6 is 0 Å². The highest BCUT2D eigenvalue weighted by Gasteiger charge is 2.45. The standard InChI is InChI=1S/C42H66N4O6/c1-5-9-13-15-17-19-22-32-24-26-34(36(47)30-32)38(49)43-45-40(51)42(28-12-8-4,29-21-11-7-3)41(52)46-44-39(50)35-27-25-33(31-37(35)48)23-20-18-16-14-10-6-2/h24-27,30-31,47-48H,5-23,28-29H2,1-4H3,(H,43,49)(H,44,50)(H,45,51)(H,46,52). The van der Waals surface area contributed by atoms with Gasteiger partial charge in [-0.05, 0) is 73.9 Å². The SMILES string of the molecule is CCCCCCCCc1ccc(C(=O)NNC(=O)C(CCCC)(CCCCC)C(=O)NNC(=O)c2ccc(CCCCCCCC)cc2O)c(O)c1. The molecular weight excluding hydrogens is 656 g/mol. The maximum absolute atomic E-state index is 13.9. The topological polar surface area (TPSA) is 157 Å². The van der Waals surface area contributed by atoms with Gasteiger partial charge in [-0.25, -0.2) is 0 Å². The number of carbonyl (C=O) groups excluding carboxylic acids is 4. The highest BCUT2D eigenvalue weighted by Crippen LogP contribution is 2.33. The Hall–Kier alpha value is -4.08. The van der Waals surface area contributed by atoms with Crippen molar-refractivity contribution in [2.45, 2.75) is 163 Å². The summed E-state index contributed by atoms with van der Waals surface area (Å²) in [6.45, 7) is 8.35. The second-order valence-corrected chi connectivity index (χ2v) is 14.2. The fourth-order valence-corrected chi connectivity index (χ4v) is 6.51. The number of hydrazine groups is 2. The van der Waals surface area contributed by atoms with Crippen LogP contribution in [-0.4, -0.2) is 33.8 Å². The third kappa shape index (κ3) is 14.9. The first-order chi connectivity index (χ1) is 25.1. The zero-order chi connectivity index (χ0) is 38.2. The van der Waals surface area contributed by atoms with Crippen molar-refractivity contribution < 1.29 is 29.4 Å². The van der Waals surface area contributed by atoms with Crippen molar-refractivity contribution in [2.75, 3.05) is 0 Å². The molecule has 2 rings (SSSR count). The van der Waals surface area contributed by atoms with E-state index >= 15 is 0 Å². The minimum Gasteiger partial charge on any atom is -0.507 e.